The van der Waals surface area contributed by atoms with Crippen LogP contribution in [0.2, 0.25) is 0 Å². The molecule has 0 amide bonds. The van der Waals surface area contributed by atoms with Crippen LogP contribution in [0.15, 0.2) is 48.5 Å². The molecule has 2 aromatic carbocycles. The highest BCUT2D eigenvalue weighted by molar-refractivity contribution is 5.30. The summed E-state index contributed by atoms with van der Waals surface area (Å²) in [6.07, 6.45) is 1.80. The third-order valence-electron chi connectivity index (χ3n) is 4.35. The summed E-state index contributed by atoms with van der Waals surface area (Å²) in [5, 5.41) is 0. The lowest BCUT2D eigenvalue weighted by atomic mass is 10.0. The van der Waals surface area contributed by atoms with Gasteiger partial charge in [0, 0.05) is 6.54 Å². The molecule has 0 bridgehead atoms. The minimum Gasteiger partial charge on any atom is -0.350 e. The van der Waals surface area contributed by atoms with E-state index in [1.165, 1.54) is 24.3 Å². The Labute approximate surface area is 135 Å². The van der Waals surface area contributed by atoms with Crippen LogP contribution in [-0.4, -0.2) is 24.2 Å². The van der Waals surface area contributed by atoms with Crippen molar-refractivity contribution in [3.05, 3.63) is 71.3 Å². The van der Waals surface area contributed by atoms with Crippen LogP contribution < -0.4 is 0 Å². The second-order valence-corrected chi connectivity index (χ2v) is 5.84. The molecule has 23 heavy (non-hydrogen) atoms. The van der Waals surface area contributed by atoms with Gasteiger partial charge >= 0.3 is 0 Å². The topological polar surface area (TPSA) is 12.5 Å². The molecule has 0 N–H and O–H groups in total. The van der Waals surface area contributed by atoms with Crippen LogP contribution in [0.4, 0.5) is 8.78 Å². The van der Waals surface area contributed by atoms with Crippen LogP contribution in [0, 0.1) is 11.6 Å². The molecule has 1 heterocycles. The van der Waals surface area contributed by atoms with Gasteiger partial charge in [-0.05, 0) is 54.8 Å². The standard InChI is InChI=1S/C19H21F2NO/c1-2-22-13-3-4-18(22)23-19(14-5-9-16(20)10-6-14)15-7-11-17(21)12-8-15/h5-12,18-19H,2-4,13H2,1H3. The van der Waals surface area contributed by atoms with Gasteiger partial charge in [-0.2, -0.15) is 0 Å². The third-order valence-corrected chi connectivity index (χ3v) is 4.35. The maximum Gasteiger partial charge on any atom is 0.123 e. The number of ether oxygens (including phenoxy) is 1. The lowest BCUT2D eigenvalue weighted by Gasteiger charge is -2.28. The van der Waals surface area contributed by atoms with E-state index in [2.05, 4.69) is 11.8 Å². The number of hydrogen-bond acceptors (Lipinski definition) is 2. The minimum absolute atomic E-state index is 0.0418. The number of hydrogen-bond donors (Lipinski definition) is 0. The summed E-state index contributed by atoms with van der Waals surface area (Å²) < 4.78 is 32.8. The molecule has 4 heteroatoms. The first kappa shape index (κ1) is 16.1. The summed E-state index contributed by atoms with van der Waals surface area (Å²) >= 11 is 0. The van der Waals surface area contributed by atoms with Gasteiger partial charge < -0.3 is 4.74 Å². The molecule has 1 fully saturated rings. The fourth-order valence-electron chi connectivity index (χ4n) is 3.09. The van der Waals surface area contributed by atoms with E-state index in [4.69, 9.17) is 4.74 Å². The molecule has 3 rings (SSSR count). The Kier molecular flexibility index (Phi) is 5.03. The van der Waals surface area contributed by atoms with Gasteiger partial charge in [0.05, 0.1) is 0 Å². The van der Waals surface area contributed by atoms with Crippen LogP contribution >= 0.6 is 0 Å². The number of halogens is 2. The fraction of sp³-hybridized carbons (Fsp3) is 0.368. The van der Waals surface area contributed by atoms with Gasteiger partial charge in [0.2, 0.25) is 0 Å². The molecule has 0 saturated carbocycles. The Morgan fingerprint density at radius 3 is 2.00 bits per heavy atom. The van der Waals surface area contributed by atoms with Gasteiger partial charge in [0.15, 0.2) is 0 Å². The van der Waals surface area contributed by atoms with Crippen molar-refractivity contribution >= 4 is 0 Å². The molecule has 1 unspecified atom stereocenters. The summed E-state index contributed by atoms with van der Waals surface area (Å²) in [5.41, 5.74) is 1.75. The van der Waals surface area contributed by atoms with E-state index in [0.29, 0.717) is 0 Å². The van der Waals surface area contributed by atoms with Crippen molar-refractivity contribution in [2.75, 3.05) is 13.1 Å². The Bertz CT molecular complexity index is 581. The molecule has 0 spiro atoms. The Hall–Kier alpha value is -1.78. The fourth-order valence-corrected chi connectivity index (χ4v) is 3.09. The van der Waals surface area contributed by atoms with Crippen LogP contribution in [0.3, 0.4) is 0 Å². The van der Waals surface area contributed by atoms with Crippen LogP contribution in [0.1, 0.15) is 37.0 Å². The van der Waals surface area contributed by atoms with Gasteiger partial charge in [0.25, 0.3) is 0 Å². The highest BCUT2D eigenvalue weighted by atomic mass is 19.1. The SMILES string of the molecule is CCN1CCCC1OC(c1ccc(F)cc1)c1ccc(F)cc1. The van der Waals surface area contributed by atoms with Crippen molar-refractivity contribution in [3.63, 3.8) is 0 Å². The molecule has 2 aromatic rings. The van der Waals surface area contributed by atoms with Gasteiger partial charge in [-0.1, -0.05) is 31.2 Å². The average molecular weight is 317 g/mol. The van der Waals surface area contributed by atoms with Crippen molar-refractivity contribution in [1.82, 2.24) is 4.90 Å². The summed E-state index contributed by atoms with van der Waals surface area (Å²) in [5.74, 6) is -0.551. The van der Waals surface area contributed by atoms with E-state index in [1.807, 2.05) is 0 Å². The number of likely N-dealkylation sites (tertiary alicyclic amines) is 1. The highest BCUT2D eigenvalue weighted by Crippen LogP contribution is 2.31. The van der Waals surface area contributed by atoms with E-state index in [0.717, 1.165) is 37.1 Å². The maximum absolute atomic E-state index is 13.2. The molecule has 0 aliphatic carbocycles. The van der Waals surface area contributed by atoms with E-state index in [1.54, 1.807) is 24.3 Å². The van der Waals surface area contributed by atoms with Gasteiger partial charge in [0.1, 0.15) is 24.0 Å². The zero-order valence-electron chi connectivity index (χ0n) is 13.2. The molecular formula is C19H21F2NO. The monoisotopic (exact) mass is 317 g/mol. The Morgan fingerprint density at radius 1 is 1.00 bits per heavy atom. The first-order valence-electron chi connectivity index (χ1n) is 8.08. The predicted molar refractivity (Wildman–Crippen MR) is 86.0 cm³/mol. The normalized spacial score (nSPS) is 18.7. The molecular weight excluding hydrogens is 296 g/mol. The lowest BCUT2D eigenvalue weighted by Crippen LogP contribution is -2.32. The van der Waals surface area contributed by atoms with Crippen LogP contribution in [-0.2, 0) is 4.74 Å². The van der Waals surface area contributed by atoms with Crippen molar-refractivity contribution < 1.29 is 13.5 Å². The predicted octanol–water partition coefficient (Wildman–Crippen LogP) is 4.51. The minimum atomic E-state index is -0.326. The Morgan fingerprint density at radius 2 is 1.52 bits per heavy atom. The van der Waals surface area contributed by atoms with Crippen molar-refractivity contribution in [2.24, 2.45) is 0 Å². The zero-order chi connectivity index (χ0) is 16.2. The number of nitrogens with zero attached hydrogens (tertiary/aromatic N) is 1. The molecule has 0 aromatic heterocycles. The van der Waals surface area contributed by atoms with Crippen molar-refractivity contribution in [3.8, 4) is 0 Å². The molecule has 1 atom stereocenters. The second-order valence-electron chi connectivity index (χ2n) is 5.84. The van der Waals surface area contributed by atoms with E-state index >= 15 is 0 Å². The summed E-state index contributed by atoms with van der Waals surface area (Å²) in [4.78, 5) is 2.29. The lowest BCUT2D eigenvalue weighted by molar-refractivity contribution is -0.0653. The van der Waals surface area contributed by atoms with E-state index < -0.39 is 0 Å². The third kappa shape index (κ3) is 3.77. The zero-order valence-corrected chi connectivity index (χ0v) is 13.2. The maximum atomic E-state index is 13.2. The van der Waals surface area contributed by atoms with Crippen LogP contribution in [0.25, 0.3) is 0 Å². The number of rotatable bonds is 5. The molecule has 1 saturated heterocycles. The smallest absolute Gasteiger partial charge is 0.123 e. The molecule has 122 valence electrons. The highest BCUT2D eigenvalue weighted by Gasteiger charge is 2.28. The quantitative estimate of drug-likeness (QED) is 0.804. The summed E-state index contributed by atoms with van der Waals surface area (Å²) in [6.45, 7) is 4.08. The average Bonchev–Trinajstić information content (AvgIpc) is 3.02. The number of benzene rings is 2. The molecule has 1 aliphatic heterocycles. The van der Waals surface area contributed by atoms with Crippen LogP contribution in [0.5, 0.6) is 0 Å². The van der Waals surface area contributed by atoms with Crippen molar-refractivity contribution in [1.29, 1.82) is 0 Å². The molecule has 1 aliphatic rings. The van der Waals surface area contributed by atoms with Gasteiger partial charge in [-0.25, -0.2) is 8.78 Å². The van der Waals surface area contributed by atoms with Gasteiger partial charge in [-0.3, -0.25) is 4.90 Å². The second kappa shape index (κ2) is 7.20. The molecule has 0 radical (unpaired) electrons. The largest absolute Gasteiger partial charge is 0.350 e. The van der Waals surface area contributed by atoms with Gasteiger partial charge in [-0.15, -0.1) is 0 Å². The first-order valence-corrected chi connectivity index (χ1v) is 8.08. The first-order chi connectivity index (χ1) is 11.2. The summed E-state index contributed by atoms with van der Waals surface area (Å²) in [6, 6.07) is 12.7. The Balaban J connectivity index is 1.89. The van der Waals surface area contributed by atoms with E-state index in [-0.39, 0.29) is 24.0 Å². The summed E-state index contributed by atoms with van der Waals surface area (Å²) in [7, 11) is 0. The van der Waals surface area contributed by atoms with Crippen molar-refractivity contribution in [2.45, 2.75) is 32.1 Å². The molecule has 2 nitrogen and oxygen atoms in total. The van der Waals surface area contributed by atoms with E-state index in [9.17, 15) is 8.78 Å².